The van der Waals surface area contributed by atoms with Crippen LogP contribution >= 0.6 is 0 Å². The van der Waals surface area contributed by atoms with E-state index < -0.39 is 0 Å². The summed E-state index contributed by atoms with van der Waals surface area (Å²) in [5, 5.41) is 3.03. The third kappa shape index (κ3) is 7.28. The highest BCUT2D eigenvalue weighted by molar-refractivity contribution is 5.93. The van der Waals surface area contributed by atoms with Crippen molar-refractivity contribution in [3.8, 4) is 0 Å². The second-order valence-electron chi connectivity index (χ2n) is 9.77. The number of hydrogen-bond donors (Lipinski definition) is 1. The summed E-state index contributed by atoms with van der Waals surface area (Å²) in [6.07, 6.45) is 19.9. The van der Waals surface area contributed by atoms with E-state index in [1.54, 1.807) is 13.1 Å². The van der Waals surface area contributed by atoms with E-state index >= 15 is 0 Å². The number of amides is 2. The molecule has 0 radical (unpaired) electrons. The van der Waals surface area contributed by atoms with Gasteiger partial charge in [0.15, 0.2) is 5.76 Å². The molecule has 1 aromatic heterocycles. The van der Waals surface area contributed by atoms with E-state index in [1.807, 2.05) is 11.0 Å². The number of piperidine rings is 1. The average Bonchev–Trinajstić information content (AvgIpc) is 3.58. The first-order chi connectivity index (χ1) is 17.5. The van der Waals surface area contributed by atoms with Crippen molar-refractivity contribution >= 4 is 18.0 Å². The fourth-order valence-electron chi connectivity index (χ4n) is 5.16. The monoisotopic (exact) mass is 497 g/mol. The van der Waals surface area contributed by atoms with Gasteiger partial charge < -0.3 is 14.6 Å². The number of likely N-dealkylation sites (tertiary alicyclic amines) is 1. The third-order valence-electron chi connectivity index (χ3n) is 7.56. The van der Waals surface area contributed by atoms with Crippen LogP contribution in [0.15, 0.2) is 51.4 Å². The molecule has 3 heterocycles. The zero-order valence-corrected chi connectivity index (χ0v) is 21.9. The van der Waals surface area contributed by atoms with E-state index in [4.69, 9.17) is 4.42 Å². The van der Waals surface area contributed by atoms with E-state index in [1.165, 1.54) is 5.57 Å². The minimum atomic E-state index is -0.135. The number of carbonyl (C=O) groups is 2. The van der Waals surface area contributed by atoms with Gasteiger partial charge in [0, 0.05) is 38.7 Å². The predicted octanol–water partition coefficient (Wildman–Crippen LogP) is 5.45. The Kier molecular flexibility index (Phi) is 10.3. The third-order valence-corrected chi connectivity index (χ3v) is 7.56. The number of fused-ring (bicyclic) bond motifs is 1. The molecule has 1 N–H and O–H groups in total. The fraction of sp³-hybridized carbons (Fsp3) is 0.552. The lowest BCUT2D eigenvalue weighted by Gasteiger charge is -2.32. The van der Waals surface area contributed by atoms with Crippen LogP contribution in [0.2, 0.25) is 0 Å². The first kappa shape index (κ1) is 27.6. The Bertz CT molecular complexity index is 1010. The van der Waals surface area contributed by atoms with Crippen LogP contribution in [0.5, 0.6) is 0 Å². The van der Waals surface area contributed by atoms with Crippen molar-refractivity contribution in [1.29, 1.82) is 0 Å². The van der Waals surface area contributed by atoms with Gasteiger partial charge in [-0.3, -0.25) is 19.0 Å². The van der Waals surface area contributed by atoms with Gasteiger partial charge >= 0.3 is 0 Å². The largest absolute Gasteiger partial charge is 0.450 e. The Hall–Kier alpha value is -2.96. The van der Waals surface area contributed by atoms with E-state index in [0.717, 1.165) is 75.9 Å². The number of aryl methyl sites for hydroxylation is 1. The smallest absolute Gasteiger partial charge is 0.287 e. The lowest BCUT2D eigenvalue weighted by atomic mass is 9.91. The maximum atomic E-state index is 12.4. The van der Waals surface area contributed by atoms with Gasteiger partial charge in [0.05, 0.1) is 13.4 Å². The Labute approximate surface area is 214 Å². The van der Waals surface area contributed by atoms with E-state index in [9.17, 15) is 14.0 Å². The van der Waals surface area contributed by atoms with Crippen molar-refractivity contribution in [3.63, 3.8) is 0 Å². The van der Waals surface area contributed by atoms with Gasteiger partial charge in [0.2, 0.25) is 5.91 Å². The maximum Gasteiger partial charge on any atom is 0.287 e. The summed E-state index contributed by atoms with van der Waals surface area (Å²) in [5.74, 6) is 1.67. The highest BCUT2D eigenvalue weighted by atomic mass is 19.1. The number of furan rings is 1. The lowest BCUT2D eigenvalue weighted by Crippen LogP contribution is -2.39. The van der Waals surface area contributed by atoms with Crippen molar-refractivity contribution in [2.24, 2.45) is 16.3 Å². The maximum absolute atomic E-state index is 12.4. The van der Waals surface area contributed by atoms with Crippen molar-refractivity contribution in [1.82, 2.24) is 10.2 Å². The first-order valence-electron chi connectivity index (χ1n) is 13.1. The molecule has 6 nitrogen and oxygen atoms in total. The van der Waals surface area contributed by atoms with E-state index in [2.05, 4.69) is 47.6 Å². The summed E-state index contributed by atoms with van der Waals surface area (Å²) in [6.45, 7) is 7.03. The molecule has 1 unspecified atom stereocenters. The molecule has 0 aromatic carbocycles. The minimum Gasteiger partial charge on any atom is -0.450 e. The number of allylic oxidation sites excluding steroid dienone is 6. The highest BCUT2D eigenvalue weighted by Crippen LogP contribution is 2.59. The number of rotatable bonds is 4. The molecule has 5 rings (SSSR count). The Morgan fingerprint density at radius 1 is 1.25 bits per heavy atom. The lowest BCUT2D eigenvalue weighted by molar-refractivity contribution is -0.130. The van der Waals surface area contributed by atoms with Crippen LogP contribution in [0.1, 0.15) is 74.3 Å². The summed E-state index contributed by atoms with van der Waals surface area (Å²) in [5.41, 5.74) is 2.86. The summed E-state index contributed by atoms with van der Waals surface area (Å²) in [7, 11) is 0.500. The number of hydrogen-bond acceptors (Lipinski definition) is 4. The van der Waals surface area contributed by atoms with Gasteiger partial charge in [0.25, 0.3) is 5.91 Å². The summed E-state index contributed by atoms with van der Waals surface area (Å²) in [6, 6.07) is 1.86. The van der Waals surface area contributed by atoms with Crippen LogP contribution in [0, 0.1) is 11.3 Å². The molecule has 2 amide bonds. The van der Waals surface area contributed by atoms with Crippen LogP contribution < -0.4 is 5.32 Å². The molecular formula is C29H40FN3O3. The number of aliphatic imine (C=N–C) groups is 1. The van der Waals surface area contributed by atoms with Gasteiger partial charge in [0.1, 0.15) is 5.76 Å². The molecule has 7 heteroatoms. The van der Waals surface area contributed by atoms with E-state index in [0.29, 0.717) is 30.8 Å². The molecule has 1 saturated heterocycles. The van der Waals surface area contributed by atoms with Crippen molar-refractivity contribution < 1.29 is 18.4 Å². The van der Waals surface area contributed by atoms with Gasteiger partial charge in [-0.05, 0) is 62.3 Å². The standard InChI is InChI=1S/C19H25N3O3.C9H12.CH3F/c1-13(23)22-7-4-19(5-8-22)10-15(19)11-21-18(24)16-9-14-3-2-6-20-12-17(14)25-16;1-2-9-7-5-3-4-6-8-9;1-2/h9,12,15H,2-8,10-11H2,1H3,(H,21,24);3-5,7-8H,2,6H2,1H3;1H3. The molecule has 2 aliphatic heterocycles. The molecule has 196 valence electrons. The van der Waals surface area contributed by atoms with Gasteiger partial charge in [-0.15, -0.1) is 0 Å². The zero-order valence-electron chi connectivity index (χ0n) is 21.9. The summed E-state index contributed by atoms with van der Waals surface area (Å²) in [4.78, 5) is 30.0. The topological polar surface area (TPSA) is 74.9 Å². The average molecular weight is 498 g/mol. The molecule has 1 spiro atoms. The minimum absolute atomic E-state index is 0.135. The van der Waals surface area contributed by atoms with Crippen LogP contribution in [-0.2, 0) is 11.2 Å². The molecule has 0 bridgehead atoms. The number of carbonyl (C=O) groups excluding carboxylic acids is 2. The van der Waals surface area contributed by atoms with Crippen LogP contribution in [0.4, 0.5) is 4.39 Å². The van der Waals surface area contributed by atoms with Crippen molar-refractivity contribution in [2.75, 3.05) is 33.4 Å². The summed E-state index contributed by atoms with van der Waals surface area (Å²) >= 11 is 0. The fourth-order valence-corrected chi connectivity index (χ4v) is 5.16. The van der Waals surface area contributed by atoms with Crippen LogP contribution in [-0.4, -0.2) is 56.3 Å². The zero-order chi connectivity index (χ0) is 26.0. The van der Waals surface area contributed by atoms with Crippen LogP contribution in [0.3, 0.4) is 0 Å². The second kappa shape index (κ2) is 13.4. The molecule has 2 aliphatic carbocycles. The summed E-state index contributed by atoms with van der Waals surface area (Å²) < 4.78 is 15.2. The van der Waals surface area contributed by atoms with Gasteiger partial charge in [-0.2, -0.15) is 0 Å². The Morgan fingerprint density at radius 2 is 2.03 bits per heavy atom. The van der Waals surface area contributed by atoms with Gasteiger partial charge in [-0.1, -0.05) is 42.9 Å². The highest BCUT2D eigenvalue weighted by Gasteiger charge is 2.54. The molecule has 1 aromatic rings. The molecule has 4 aliphatic rings. The predicted molar refractivity (Wildman–Crippen MR) is 142 cm³/mol. The number of nitrogens with one attached hydrogen (secondary N) is 1. The van der Waals surface area contributed by atoms with Crippen LogP contribution in [0.25, 0.3) is 0 Å². The van der Waals surface area contributed by atoms with Crippen molar-refractivity contribution in [2.45, 2.75) is 58.8 Å². The number of halogens is 1. The molecule has 36 heavy (non-hydrogen) atoms. The normalized spacial score (nSPS) is 21.1. The second-order valence-corrected chi connectivity index (χ2v) is 9.77. The van der Waals surface area contributed by atoms with Crippen molar-refractivity contribution in [3.05, 3.63) is 59.1 Å². The van der Waals surface area contributed by atoms with E-state index in [-0.39, 0.29) is 11.8 Å². The Morgan fingerprint density at radius 3 is 2.75 bits per heavy atom. The Balaban J connectivity index is 0.000000276. The molecular weight excluding hydrogens is 457 g/mol. The molecule has 2 fully saturated rings. The first-order valence-corrected chi connectivity index (χ1v) is 13.1. The number of alkyl halides is 1. The number of nitrogens with zero attached hydrogens (tertiary/aromatic N) is 2. The SMILES string of the molecule is CC(=O)N1CCC2(CC1)CC2CNC(=O)c1cc2c(o1)C=NCCC2.CCC1=CCC=CC=C1.CF. The molecule has 1 atom stereocenters. The van der Waals surface area contributed by atoms with Gasteiger partial charge in [-0.25, -0.2) is 0 Å². The molecule has 1 saturated carbocycles. The quantitative estimate of drug-likeness (QED) is 0.601.